The van der Waals surface area contributed by atoms with Crippen molar-refractivity contribution < 1.29 is 4.79 Å². The van der Waals surface area contributed by atoms with Crippen molar-refractivity contribution in [3.63, 3.8) is 0 Å². The normalized spacial score (nSPS) is 14.2. The van der Waals surface area contributed by atoms with Gasteiger partial charge in [0.2, 0.25) is 0 Å². The molecule has 0 aliphatic carbocycles. The highest BCUT2D eigenvalue weighted by atomic mass is 32.1. The molecule has 1 aromatic heterocycles. The molecule has 0 fully saturated rings. The van der Waals surface area contributed by atoms with Crippen LogP contribution in [0.4, 0.5) is 5.69 Å². The molecule has 4 nitrogen and oxygen atoms in total. The monoisotopic (exact) mass is 301 g/mol. The van der Waals surface area contributed by atoms with Crippen LogP contribution in [0.5, 0.6) is 0 Å². The predicted octanol–water partition coefficient (Wildman–Crippen LogP) is 3.17. The maximum atomic E-state index is 12.7. The average Bonchev–Trinajstić information content (AvgIpc) is 3.01. The minimum Gasteiger partial charge on any atom is -0.385 e. The number of hydrogen-bond acceptors (Lipinski definition) is 4. The number of carbonyl (C=O) groups excluding carboxylic acids is 1. The van der Waals surface area contributed by atoms with Gasteiger partial charge in [-0.2, -0.15) is 0 Å². The molecule has 0 atom stereocenters. The van der Waals surface area contributed by atoms with Gasteiger partial charge in [0.15, 0.2) is 0 Å². The van der Waals surface area contributed by atoms with Crippen LogP contribution in [-0.2, 0) is 12.0 Å². The average molecular weight is 301 g/mol. The van der Waals surface area contributed by atoms with Crippen LogP contribution in [0.3, 0.4) is 0 Å². The summed E-state index contributed by atoms with van der Waals surface area (Å²) in [5, 5.41) is 9.31. The molecule has 21 heavy (non-hydrogen) atoms. The summed E-state index contributed by atoms with van der Waals surface area (Å²) in [4.78, 5) is 17.0. The molecule has 0 radical (unpaired) electrons. The Kier molecular flexibility index (Phi) is 3.68. The molecule has 2 aromatic rings. The van der Waals surface area contributed by atoms with Gasteiger partial charge in [-0.25, -0.2) is 4.98 Å². The molecular weight excluding hydrogens is 282 g/mol. The first-order valence-corrected chi connectivity index (χ1v) is 8.04. The zero-order valence-electron chi connectivity index (χ0n) is 12.3. The van der Waals surface area contributed by atoms with E-state index in [4.69, 9.17) is 0 Å². The van der Waals surface area contributed by atoms with Gasteiger partial charge in [-0.15, -0.1) is 11.3 Å². The van der Waals surface area contributed by atoms with Gasteiger partial charge >= 0.3 is 0 Å². The Morgan fingerprint density at radius 1 is 1.43 bits per heavy atom. The smallest absolute Gasteiger partial charge is 0.252 e. The van der Waals surface area contributed by atoms with E-state index in [0.717, 1.165) is 41.2 Å². The zero-order chi connectivity index (χ0) is 14.9. The molecule has 110 valence electrons. The number of aromatic nitrogens is 1. The van der Waals surface area contributed by atoms with Gasteiger partial charge in [-0.05, 0) is 44.4 Å². The quantitative estimate of drug-likeness (QED) is 0.915. The van der Waals surface area contributed by atoms with Crippen molar-refractivity contribution in [2.24, 2.45) is 0 Å². The molecule has 0 unspecified atom stereocenters. The van der Waals surface area contributed by atoms with Crippen LogP contribution in [0.1, 0.15) is 41.2 Å². The van der Waals surface area contributed by atoms with Crippen molar-refractivity contribution >= 4 is 22.9 Å². The molecule has 0 saturated carbocycles. The van der Waals surface area contributed by atoms with Crippen molar-refractivity contribution in [1.82, 2.24) is 10.3 Å². The highest BCUT2D eigenvalue weighted by Crippen LogP contribution is 2.27. The maximum Gasteiger partial charge on any atom is 0.252 e. The first-order valence-electron chi connectivity index (χ1n) is 7.16. The molecule has 1 aromatic carbocycles. The number of rotatable bonds is 3. The molecule has 1 aliphatic heterocycles. The molecule has 2 N–H and O–H groups in total. The summed E-state index contributed by atoms with van der Waals surface area (Å²) in [5.41, 5.74) is 2.51. The minimum absolute atomic E-state index is 0.0317. The highest BCUT2D eigenvalue weighted by molar-refractivity contribution is 7.09. The van der Waals surface area contributed by atoms with E-state index in [0.29, 0.717) is 0 Å². The van der Waals surface area contributed by atoms with Crippen molar-refractivity contribution in [2.75, 3.05) is 11.9 Å². The van der Waals surface area contributed by atoms with Gasteiger partial charge in [0, 0.05) is 29.4 Å². The third-order valence-corrected chi connectivity index (χ3v) is 4.83. The van der Waals surface area contributed by atoms with Gasteiger partial charge in [-0.1, -0.05) is 6.07 Å². The summed E-state index contributed by atoms with van der Waals surface area (Å²) in [7, 11) is 0. The number of anilines is 1. The number of fused-ring (bicyclic) bond motifs is 1. The van der Waals surface area contributed by atoms with Gasteiger partial charge in [0.25, 0.3) is 5.91 Å². The topological polar surface area (TPSA) is 54.0 Å². The van der Waals surface area contributed by atoms with Gasteiger partial charge in [0.1, 0.15) is 5.01 Å². The molecule has 1 aliphatic rings. The SMILES string of the molecule is CC(C)(NC(=O)c1cccc2c1CCCN2)c1nccs1. The minimum atomic E-state index is -0.462. The number of carbonyl (C=O) groups is 1. The van der Waals surface area contributed by atoms with E-state index in [2.05, 4.69) is 15.6 Å². The summed E-state index contributed by atoms with van der Waals surface area (Å²) in [6.07, 6.45) is 3.78. The van der Waals surface area contributed by atoms with E-state index in [9.17, 15) is 4.79 Å². The molecule has 0 saturated heterocycles. The Balaban J connectivity index is 1.86. The Bertz CT molecular complexity index is 650. The van der Waals surface area contributed by atoms with Crippen molar-refractivity contribution in [2.45, 2.75) is 32.2 Å². The van der Waals surface area contributed by atoms with Crippen LogP contribution in [0, 0.1) is 0 Å². The van der Waals surface area contributed by atoms with Gasteiger partial charge < -0.3 is 10.6 Å². The lowest BCUT2D eigenvalue weighted by Gasteiger charge is -2.26. The van der Waals surface area contributed by atoms with Crippen molar-refractivity contribution in [1.29, 1.82) is 0 Å². The fraction of sp³-hybridized carbons (Fsp3) is 0.375. The highest BCUT2D eigenvalue weighted by Gasteiger charge is 2.27. The summed E-state index contributed by atoms with van der Waals surface area (Å²) in [6.45, 7) is 4.94. The zero-order valence-corrected chi connectivity index (χ0v) is 13.1. The van der Waals surface area contributed by atoms with E-state index in [-0.39, 0.29) is 5.91 Å². The third kappa shape index (κ3) is 2.78. The second-order valence-corrected chi connectivity index (χ2v) is 6.67. The van der Waals surface area contributed by atoms with Crippen LogP contribution in [0.25, 0.3) is 0 Å². The van der Waals surface area contributed by atoms with E-state index >= 15 is 0 Å². The van der Waals surface area contributed by atoms with Crippen LogP contribution in [0.2, 0.25) is 0 Å². The van der Waals surface area contributed by atoms with E-state index in [1.54, 1.807) is 17.5 Å². The molecule has 5 heteroatoms. The standard InChI is InChI=1S/C16H19N3OS/c1-16(2,15-18-9-10-21-15)19-14(20)12-5-3-7-13-11(12)6-4-8-17-13/h3,5,7,9-10,17H,4,6,8H2,1-2H3,(H,19,20). The van der Waals surface area contributed by atoms with Crippen molar-refractivity contribution in [3.05, 3.63) is 45.9 Å². The van der Waals surface area contributed by atoms with E-state index in [1.807, 2.05) is 37.4 Å². The number of nitrogens with one attached hydrogen (secondary N) is 2. The second-order valence-electron chi connectivity index (χ2n) is 5.78. The Morgan fingerprint density at radius 3 is 3.05 bits per heavy atom. The molecule has 0 bridgehead atoms. The summed E-state index contributed by atoms with van der Waals surface area (Å²) >= 11 is 1.56. The lowest BCUT2D eigenvalue weighted by molar-refractivity contribution is 0.0911. The third-order valence-electron chi connectivity index (χ3n) is 3.73. The summed E-state index contributed by atoms with van der Waals surface area (Å²) in [6, 6.07) is 5.87. The van der Waals surface area contributed by atoms with Gasteiger partial charge in [-0.3, -0.25) is 4.79 Å². The second kappa shape index (κ2) is 5.48. The van der Waals surface area contributed by atoms with Crippen molar-refractivity contribution in [3.8, 4) is 0 Å². The molecule has 3 rings (SSSR count). The number of thiazole rings is 1. The maximum absolute atomic E-state index is 12.7. The van der Waals surface area contributed by atoms with E-state index in [1.165, 1.54) is 0 Å². The largest absolute Gasteiger partial charge is 0.385 e. The van der Waals surface area contributed by atoms with Crippen LogP contribution >= 0.6 is 11.3 Å². The molecule has 0 spiro atoms. The Labute approximate surface area is 128 Å². The molecular formula is C16H19N3OS. The number of benzene rings is 1. The lowest BCUT2D eigenvalue weighted by atomic mass is 9.96. The fourth-order valence-corrected chi connectivity index (χ4v) is 3.38. The number of nitrogens with zero attached hydrogens (tertiary/aromatic N) is 1. The van der Waals surface area contributed by atoms with Crippen LogP contribution in [0.15, 0.2) is 29.8 Å². The first-order chi connectivity index (χ1) is 10.1. The Morgan fingerprint density at radius 2 is 2.29 bits per heavy atom. The van der Waals surface area contributed by atoms with Gasteiger partial charge in [0.05, 0.1) is 5.54 Å². The summed E-state index contributed by atoms with van der Waals surface area (Å²) in [5.74, 6) is -0.0317. The van der Waals surface area contributed by atoms with Crippen LogP contribution < -0.4 is 10.6 Å². The molecule has 2 heterocycles. The molecule has 1 amide bonds. The number of hydrogen-bond donors (Lipinski definition) is 2. The fourth-order valence-electron chi connectivity index (χ4n) is 2.66. The number of amides is 1. The summed E-state index contributed by atoms with van der Waals surface area (Å²) < 4.78 is 0. The first kappa shape index (κ1) is 14.1. The Hall–Kier alpha value is -1.88. The lowest BCUT2D eigenvalue weighted by Crippen LogP contribution is -2.41. The van der Waals surface area contributed by atoms with E-state index < -0.39 is 5.54 Å². The predicted molar refractivity (Wildman–Crippen MR) is 85.9 cm³/mol. The van der Waals surface area contributed by atoms with Crippen LogP contribution in [-0.4, -0.2) is 17.4 Å².